The maximum absolute atomic E-state index is 12.5. The summed E-state index contributed by atoms with van der Waals surface area (Å²) in [4.78, 5) is 38.4. The van der Waals surface area contributed by atoms with Gasteiger partial charge in [0.05, 0.1) is 25.0 Å². The Kier molecular flexibility index (Phi) is 22.9. The molecule has 2 aromatic rings. The molecule has 0 radical (unpaired) electrons. The Balaban J connectivity index is 0.00000189. The predicted molar refractivity (Wildman–Crippen MR) is 211 cm³/mol. The molecule has 0 spiro atoms. The van der Waals surface area contributed by atoms with Crippen molar-refractivity contribution in [2.45, 2.75) is 44.7 Å². The number of aromatic hydroxyl groups is 1. The van der Waals surface area contributed by atoms with Crippen molar-refractivity contribution in [2.24, 2.45) is 10.3 Å². The zero-order valence-electron chi connectivity index (χ0n) is 29.7. The number of halogens is 7. The van der Waals surface area contributed by atoms with Gasteiger partial charge in [-0.25, -0.2) is 4.79 Å². The highest BCUT2D eigenvalue weighted by Gasteiger charge is 2.38. The molecule has 21 heteroatoms. The van der Waals surface area contributed by atoms with E-state index < -0.39 is 24.0 Å². The van der Waals surface area contributed by atoms with Crippen molar-refractivity contribution in [3.05, 3.63) is 53.3 Å². The van der Waals surface area contributed by atoms with Gasteiger partial charge in [0.15, 0.2) is 0 Å². The number of benzene rings is 2. The molecule has 2 rings (SSSR count). The zero-order valence-corrected chi connectivity index (χ0v) is 36.0. The van der Waals surface area contributed by atoms with Crippen LogP contribution in [0.1, 0.15) is 36.8 Å². The molecule has 0 aliphatic heterocycles. The highest BCUT2D eigenvalue weighted by molar-refractivity contribution is 9.11. The molecule has 0 atom stereocenters. The third kappa shape index (κ3) is 18.6. The van der Waals surface area contributed by atoms with Gasteiger partial charge in [-0.2, -0.15) is 13.2 Å². The van der Waals surface area contributed by atoms with Crippen molar-refractivity contribution < 1.29 is 52.9 Å². The van der Waals surface area contributed by atoms with E-state index in [1.165, 1.54) is 0 Å². The summed E-state index contributed by atoms with van der Waals surface area (Å²) < 4.78 is 39.5. The topological polar surface area (TPSA) is 197 Å². The number of rotatable bonds is 20. The number of carbonyl (C=O) groups excluding carboxylic acids is 2. The van der Waals surface area contributed by atoms with Gasteiger partial charge in [-0.3, -0.25) is 9.59 Å². The molecule has 0 fully saturated rings. The van der Waals surface area contributed by atoms with Crippen LogP contribution in [0.2, 0.25) is 0 Å². The van der Waals surface area contributed by atoms with Crippen molar-refractivity contribution in [3.8, 4) is 11.5 Å². The number of unbranched alkanes of at least 4 members (excludes halogenated alkanes) is 1. The lowest BCUT2D eigenvalue weighted by molar-refractivity contribution is -0.192. The Morgan fingerprint density at radius 3 is 1.37 bits per heavy atom. The Morgan fingerprint density at radius 1 is 0.722 bits per heavy atom. The number of nitrogens with one attached hydrogen (secondary N) is 2. The summed E-state index contributed by atoms with van der Waals surface area (Å²) in [5.41, 5.74) is 1.51. The molecule has 302 valence electrons. The Bertz CT molecular complexity index is 1570. The number of ether oxygens (including phenoxy) is 1. The molecule has 0 aliphatic carbocycles. The third-order valence-electron chi connectivity index (χ3n) is 7.42. The smallest absolute Gasteiger partial charge is 0.490 e. The zero-order chi connectivity index (χ0) is 41.0. The number of phenols is 1. The number of aliphatic carboxylic acids is 1. The van der Waals surface area contributed by atoms with Crippen LogP contribution in [0.25, 0.3) is 0 Å². The average molecular weight is 1030 g/mol. The van der Waals surface area contributed by atoms with Crippen LogP contribution >= 0.6 is 63.7 Å². The average Bonchev–Trinajstić information content (AvgIpc) is 3.10. The molecule has 6 N–H and O–H groups in total. The van der Waals surface area contributed by atoms with E-state index in [9.17, 15) is 38.3 Å². The number of phenolic OH excluding ortho intramolecular Hbond substituents is 1. The number of hydrogen-bond donors (Lipinski definition) is 6. The van der Waals surface area contributed by atoms with E-state index in [1.54, 1.807) is 19.2 Å². The fraction of sp³-hybridized carbons (Fsp3) is 0.485. The summed E-state index contributed by atoms with van der Waals surface area (Å²) in [6, 6.07) is 6.98. The van der Waals surface area contributed by atoms with Gasteiger partial charge in [0, 0.05) is 25.9 Å². The molecule has 2 amide bonds. The predicted octanol–water partition coefficient (Wildman–Crippen LogP) is 6.19. The number of carboxylic acids is 1. The first kappa shape index (κ1) is 49.0. The summed E-state index contributed by atoms with van der Waals surface area (Å²) in [7, 11) is 5.67. The van der Waals surface area contributed by atoms with E-state index in [-0.39, 0.29) is 30.0 Å². The van der Waals surface area contributed by atoms with Crippen molar-refractivity contribution in [1.82, 2.24) is 20.4 Å². The standard InChI is InChI=1S/C31H42Br4N6O6.C2HF3O2/c1-40(12-6-8-36-30(43)26(38-45)18-20-14-22(32)28(42)23(33)15-20)10-4-5-11-41(2)13-7-9-37-31(44)27(39-46)19-21-16-24(34)29(47-3)25(35)17-21;3-2(4,5)1(6)7/h14-17,42,45-46H,4-13,18-19H2,1-3H3,(H,36,43)(H,37,44);(H,6,7)/b38-26+,39-27+;. The molecule has 14 nitrogen and oxygen atoms in total. The van der Waals surface area contributed by atoms with E-state index in [1.807, 2.05) is 19.2 Å². The van der Waals surface area contributed by atoms with Crippen molar-refractivity contribution in [3.63, 3.8) is 0 Å². The first-order chi connectivity index (χ1) is 25.3. The molecule has 0 bridgehead atoms. The summed E-state index contributed by atoms with van der Waals surface area (Å²) in [6.45, 7) is 4.41. The second-order valence-corrected chi connectivity index (χ2v) is 15.2. The molecule has 0 unspecified atom stereocenters. The van der Waals surface area contributed by atoms with Gasteiger partial charge in [0.1, 0.15) is 22.9 Å². The van der Waals surface area contributed by atoms with Crippen LogP contribution in [0.4, 0.5) is 13.2 Å². The minimum atomic E-state index is -5.08. The third-order valence-corrected chi connectivity index (χ3v) is 9.81. The van der Waals surface area contributed by atoms with E-state index in [0.717, 1.165) is 66.4 Å². The van der Waals surface area contributed by atoms with Crippen LogP contribution in [-0.2, 0) is 27.2 Å². The normalized spacial score (nSPS) is 12.0. The highest BCUT2D eigenvalue weighted by atomic mass is 79.9. The number of amides is 2. The molecule has 54 heavy (non-hydrogen) atoms. The van der Waals surface area contributed by atoms with Crippen LogP contribution in [0.15, 0.2) is 52.5 Å². The van der Waals surface area contributed by atoms with Gasteiger partial charge in [-0.15, -0.1) is 0 Å². The van der Waals surface area contributed by atoms with Gasteiger partial charge in [-0.05, 0) is 165 Å². The lowest BCUT2D eigenvalue weighted by Crippen LogP contribution is -2.35. The summed E-state index contributed by atoms with van der Waals surface area (Å²) >= 11 is 13.4. The van der Waals surface area contributed by atoms with Crippen LogP contribution in [-0.4, -0.2) is 126 Å². The van der Waals surface area contributed by atoms with Gasteiger partial charge >= 0.3 is 12.1 Å². The molecule has 0 aromatic heterocycles. The van der Waals surface area contributed by atoms with Crippen molar-refractivity contribution >= 4 is 92.9 Å². The molecule has 2 aromatic carbocycles. The molecule has 0 aliphatic rings. The van der Waals surface area contributed by atoms with Gasteiger partial charge in [0.25, 0.3) is 11.8 Å². The molecule has 0 heterocycles. The van der Waals surface area contributed by atoms with Crippen LogP contribution in [0, 0.1) is 0 Å². The quantitative estimate of drug-likeness (QED) is 0.0386. The number of carboxylic acid groups (broad SMARTS) is 1. The van der Waals surface area contributed by atoms with Crippen LogP contribution in [0.3, 0.4) is 0 Å². The maximum Gasteiger partial charge on any atom is 0.490 e. The van der Waals surface area contributed by atoms with Crippen LogP contribution in [0.5, 0.6) is 11.5 Å². The minimum absolute atomic E-state index is 0.00936. The summed E-state index contributed by atoms with van der Waals surface area (Å²) in [5.74, 6) is -2.89. The van der Waals surface area contributed by atoms with Crippen molar-refractivity contribution in [2.75, 3.05) is 60.5 Å². The highest BCUT2D eigenvalue weighted by Crippen LogP contribution is 2.35. The fourth-order valence-electron chi connectivity index (χ4n) is 4.63. The monoisotopic (exact) mass is 1020 g/mol. The van der Waals surface area contributed by atoms with Gasteiger partial charge in [0.2, 0.25) is 0 Å². The summed E-state index contributed by atoms with van der Waals surface area (Å²) in [5, 5.41) is 47.8. The molecule has 0 saturated carbocycles. The summed E-state index contributed by atoms with van der Waals surface area (Å²) in [6.07, 6.45) is -1.23. The first-order valence-electron chi connectivity index (χ1n) is 16.2. The van der Waals surface area contributed by atoms with Gasteiger partial charge < -0.3 is 45.8 Å². The number of oxime groups is 2. The molecular formula is C33H43Br4F3N6O8. The van der Waals surface area contributed by atoms with Gasteiger partial charge in [-0.1, -0.05) is 10.3 Å². The van der Waals surface area contributed by atoms with E-state index in [4.69, 9.17) is 14.6 Å². The number of alkyl halides is 3. The Hall–Kier alpha value is -2.98. The maximum atomic E-state index is 12.5. The minimum Gasteiger partial charge on any atom is -0.506 e. The van der Waals surface area contributed by atoms with Crippen LogP contribution < -0.4 is 15.4 Å². The second kappa shape index (κ2) is 25.2. The number of nitrogens with zero attached hydrogens (tertiary/aromatic N) is 4. The van der Waals surface area contributed by atoms with E-state index >= 15 is 0 Å². The fourth-order valence-corrected chi connectivity index (χ4v) is 7.52. The molecular weight excluding hydrogens is 985 g/mol. The van der Waals surface area contributed by atoms with E-state index in [2.05, 4.69) is 102 Å². The lowest BCUT2D eigenvalue weighted by Gasteiger charge is -2.19. The first-order valence-corrected chi connectivity index (χ1v) is 19.4. The molecule has 0 saturated heterocycles. The Morgan fingerprint density at radius 2 is 1.06 bits per heavy atom. The Labute approximate surface area is 344 Å². The number of hydrogen-bond acceptors (Lipinski definition) is 11. The lowest BCUT2D eigenvalue weighted by atomic mass is 10.1. The number of methoxy groups -OCH3 is 1. The SMILES string of the molecule is COc1c(Br)cc(C/C(=N\O)C(=O)NCCCN(C)CCCCN(C)CCCNC(=O)/C(Cc2cc(Br)c(O)c(Br)c2)=N/O)cc1Br.O=C(O)C(F)(F)F. The second-order valence-electron chi connectivity index (χ2n) is 11.8. The largest absolute Gasteiger partial charge is 0.506 e. The number of carbonyl (C=O) groups is 3. The van der Waals surface area contributed by atoms with Crippen molar-refractivity contribution in [1.29, 1.82) is 0 Å². The van der Waals surface area contributed by atoms with E-state index in [0.29, 0.717) is 33.3 Å².